The highest BCUT2D eigenvalue weighted by atomic mass is 16.7. The van der Waals surface area contributed by atoms with Gasteiger partial charge in [-0.1, -0.05) is 39.0 Å². The molecule has 0 aliphatic heterocycles. The Kier molecular flexibility index (Phi) is 12.1. The van der Waals surface area contributed by atoms with Gasteiger partial charge in [0.05, 0.1) is 6.26 Å². The average molecular weight is 200 g/mol. The molecule has 14 heavy (non-hydrogen) atoms. The Morgan fingerprint density at radius 2 is 1.71 bits per heavy atom. The van der Waals surface area contributed by atoms with Gasteiger partial charge in [-0.05, 0) is 18.9 Å². The van der Waals surface area contributed by atoms with Crippen LogP contribution in [0.5, 0.6) is 0 Å². The Hall–Kier alpha value is -0.500. The summed E-state index contributed by atoms with van der Waals surface area (Å²) in [5, 5.41) is 0. The number of hydrogen-bond acceptors (Lipinski definition) is 2. The average Bonchev–Trinajstić information content (AvgIpc) is 2.21. The predicted molar refractivity (Wildman–Crippen MR) is 60.1 cm³/mol. The molecule has 0 N–H and O–H groups in total. The second-order valence-corrected chi connectivity index (χ2v) is 3.50. The quantitative estimate of drug-likeness (QED) is 0.303. The molecule has 0 saturated carbocycles. The zero-order valence-corrected chi connectivity index (χ0v) is 9.63. The third-order valence-electron chi connectivity index (χ3n) is 2.10. The van der Waals surface area contributed by atoms with Crippen LogP contribution < -0.4 is 0 Å². The third-order valence-corrected chi connectivity index (χ3v) is 2.10. The fraction of sp³-hybridized carbons (Fsp3) is 0.833. The molecule has 0 aromatic heterocycles. The lowest BCUT2D eigenvalue weighted by Gasteiger charge is -1.98. The van der Waals surface area contributed by atoms with Crippen LogP contribution in [0.4, 0.5) is 0 Å². The maximum absolute atomic E-state index is 5.03. The highest BCUT2D eigenvalue weighted by molar-refractivity contribution is 4.72. The molecule has 2 heteroatoms. The van der Waals surface area contributed by atoms with E-state index >= 15 is 0 Å². The zero-order chi connectivity index (χ0) is 10.5. The minimum Gasteiger partial charge on any atom is -0.476 e. The van der Waals surface area contributed by atoms with Crippen molar-refractivity contribution >= 4 is 0 Å². The van der Waals surface area contributed by atoms with Crippen molar-refractivity contribution < 1.29 is 9.47 Å². The smallest absolute Gasteiger partial charge is 0.187 e. The van der Waals surface area contributed by atoms with E-state index in [4.69, 9.17) is 9.47 Å². The summed E-state index contributed by atoms with van der Waals surface area (Å²) in [7, 11) is 1.63. The van der Waals surface area contributed by atoms with Crippen molar-refractivity contribution in [3.05, 3.63) is 12.3 Å². The Bertz CT molecular complexity index is 121. The van der Waals surface area contributed by atoms with Crippen molar-refractivity contribution in [3.63, 3.8) is 0 Å². The zero-order valence-electron chi connectivity index (χ0n) is 9.63. The summed E-state index contributed by atoms with van der Waals surface area (Å²) in [5.74, 6) is 0. The van der Waals surface area contributed by atoms with Gasteiger partial charge in [0.25, 0.3) is 0 Å². The van der Waals surface area contributed by atoms with Crippen LogP contribution in [-0.2, 0) is 9.47 Å². The van der Waals surface area contributed by atoms with Crippen LogP contribution in [0, 0.1) is 0 Å². The van der Waals surface area contributed by atoms with Crippen molar-refractivity contribution in [1.82, 2.24) is 0 Å². The first-order chi connectivity index (χ1) is 6.91. The number of hydrogen-bond donors (Lipinski definition) is 0. The van der Waals surface area contributed by atoms with Crippen molar-refractivity contribution in [2.75, 3.05) is 13.9 Å². The number of unbranched alkanes of at least 4 members (excludes halogenated alkanes) is 6. The van der Waals surface area contributed by atoms with E-state index < -0.39 is 0 Å². The van der Waals surface area contributed by atoms with Crippen LogP contribution in [0.25, 0.3) is 0 Å². The van der Waals surface area contributed by atoms with Gasteiger partial charge < -0.3 is 9.47 Å². The van der Waals surface area contributed by atoms with Gasteiger partial charge in [-0.2, -0.15) is 0 Å². The molecular weight excluding hydrogens is 176 g/mol. The number of rotatable bonds is 10. The lowest BCUT2D eigenvalue weighted by Crippen LogP contribution is -1.87. The van der Waals surface area contributed by atoms with Gasteiger partial charge in [0, 0.05) is 7.11 Å². The summed E-state index contributed by atoms with van der Waals surface area (Å²) < 4.78 is 9.77. The lowest BCUT2D eigenvalue weighted by atomic mass is 10.1. The predicted octanol–water partition coefficient (Wildman–Crippen LogP) is 3.87. The van der Waals surface area contributed by atoms with E-state index in [1.807, 2.05) is 0 Å². The third kappa shape index (κ3) is 11.5. The van der Waals surface area contributed by atoms with Gasteiger partial charge in [-0.3, -0.25) is 0 Å². The number of allylic oxidation sites excluding steroid dienone is 1. The molecule has 0 saturated heterocycles. The summed E-state index contributed by atoms with van der Waals surface area (Å²) >= 11 is 0. The Morgan fingerprint density at radius 1 is 1.00 bits per heavy atom. The number of ether oxygens (including phenoxy) is 2. The van der Waals surface area contributed by atoms with Crippen molar-refractivity contribution in [1.29, 1.82) is 0 Å². The van der Waals surface area contributed by atoms with Gasteiger partial charge >= 0.3 is 0 Å². The molecule has 0 radical (unpaired) electrons. The van der Waals surface area contributed by atoms with E-state index in [0.717, 1.165) is 6.42 Å². The molecule has 2 nitrogen and oxygen atoms in total. The van der Waals surface area contributed by atoms with Gasteiger partial charge in [-0.15, -0.1) is 0 Å². The Labute approximate surface area is 88.3 Å². The molecule has 0 heterocycles. The van der Waals surface area contributed by atoms with Crippen LogP contribution in [-0.4, -0.2) is 13.9 Å². The minimum absolute atomic E-state index is 0.354. The molecule has 0 rings (SSSR count). The fourth-order valence-electron chi connectivity index (χ4n) is 1.29. The first-order valence-electron chi connectivity index (χ1n) is 5.67. The molecular formula is C12H24O2. The second kappa shape index (κ2) is 12.5. The van der Waals surface area contributed by atoms with E-state index in [1.165, 1.54) is 38.5 Å². The van der Waals surface area contributed by atoms with E-state index in [2.05, 4.69) is 13.0 Å². The summed E-state index contributed by atoms with van der Waals surface area (Å²) in [6.45, 7) is 2.60. The van der Waals surface area contributed by atoms with E-state index in [9.17, 15) is 0 Å². The molecule has 0 spiro atoms. The normalized spacial score (nSPS) is 11.0. The van der Waals surface area contributed by atoms with Crippen LogP contribution in [0.2, 0.25) is 0 Å². The van der Waals surface area contributed by atoms with Gasteiger partial charge in [0.1, 0.15) is 0 Å². The molecule has 0 unspecified atom stereocenters. The molecule has 0 aliphatic rings. The first-order valence-corrected chi connectivity index (χ1v) is 5.67. The highest BCUT2D eigenvalue weighted by Crippen LogP contribution is 2.06. The molecule has 0 aromatic carbocycles. The Balaban J connectivity index is 2.94. The van der Waals surface area contributed by atoms with Crippen molar-refractivity contribution in [3.8, 4) is 0 Å². The van der Waals surface area contributed by atoms with Gasteiger partial charge in [0.2, 0.25) is 0 Å². The summed E-state index contributed by atoms with van der Waals surface area (Å²) in [6.07, 6.45) is 13.0. The molecule has 0 aliphatic carbocycles. The molecule has 0 atom stereocenters. The van der Waals surface area contributed by atoms with Crippen LogP contribution in [0.3, 0.4) is 0 Å². The monoisotopic (exact) mass is 200 g/mol. The van der Waals surface area contributed by atoms with Crippen molar-refractivity contribution in [2.45, 2.75) is 51.9 Å². The van der Waals surface area contributed by atoms with Crippen LogP contribution >= 0.6 is 0 Å². The van der Waals surface area contributed by atoms with Crippen LogP contribution in [0.1, 0.15) is 51.9 Å². The van der Waals surface area contributed by atoms with E-state index in [-0.39, 0.29) is 0 Å². The SMILES string of the molecule is CCCCCCCCC=COCOC. The second-order valence-electron chi connectivity index (χ2n) is 3.50. The molecule has 0 bridgehead atoms. The first kappa shape index (κ1) is 13.5. The molecule has 0 aromatic rings. The Morgan fingerprint density at radius 3 is 2.43 bits per heavy atom. The topological polar surface area (TPSA) is 18.5 Å². The number of methoxy groups -OCH3 is 1. The summed E-state index contributed by atoms with van der Waals surface area (Å²) in [4.78, 5) is 0. The van der Waals surface area contributed by atoms with E-state index in [1.54, 1.807) is 13.4 Å². The van der Waals surface area contributed by atoms with Crippen LogP contribution in [0.15, 0.2) is 12.3 Å². The standard InChI is InChI=1S/C12H24O2/c1-3-4-5-6-7-8-9-10-11-14-12-13-2/h10-11H,3-9,12H2,1-2H3. The van der Waals surface area contributed by atoms with Crippen molar-refractivity contribution in [2.24, 2.45) is 0 Å². The van der Waals surface area contributed by atoms with Gasteiger partial charge in [0.15, 0.2) is 6.79 Å². The minimum atomic E-state index is 0.354. The lowest BCUT2D eigenvalue weighted by molar-refractivity contribution is 0.0196. The largest absolute Gasteiger partial charge is 0.476 e. The molecule has 0 amide bonds. The van der Waals surface area contributed by atoms with E-state index in [0.29, 0.717) is 6.79 Å². The molecule has 0 fully saturated rings. The fourth-order valence-corrected chi connectivity index (χ4v) is 1.29. The molecule has 84 valence electrons. The van der Waals surface area contributed by atoms with Gasteiger partial charge in [-0.25, -0.2) is 0 Å². The summed E-state index contributed by atoms with van der Waals surface area (Å²) in [6, 6.07) is 0. The maximum Gasteiger partial charge on any atom is 0.187 e. The highest BCUT2D eigenvalue weighted by Gasteiger charge is 1.87. The summed E-state index contributed by atoms with van der Waals surface area (Å²) in [5.41, 5.74) is 0. The maximum atomic E-state index is 5.03.